The Morgan fingerprint density at radius 2 is 2.00 bits per heavy atom. The predicted molar refractivity (Wildman–Crippen MR) is 57.7 cm³/mol. The minimum atomic E-state index is -0.741. The van der Waals surface area contributed by atoms with E-state index in [4.69, 9.17) is 4.74 Å². The largest absolute Gasteiger partial charge is 0.375 e. The lowest BCUT2D eigenvalue weighted by atomic mass is 10.1. The van der Waals surface area contributed by atoms with Crippen LogP contribution in [-0.2, 0) is 4.74 Å². The van der Waals surface area contributed by atoms with Gasteiger partial charge in [-0.15, -0.1) is 0 Å². The molecule has 1 saturated heterocycles. The van der Waals surface area contributed by atoms with Crippen molar-refractivity contribution >= 4 is 5.91 Å². The van der Waals surface area contributed by atoms with Gasteiger partial charge in [-0.1, -0.05) is 0 Å². The number of hydrogen-bond donors (Lipinski definition) is 0. The van der Waals surface area contributed by atoms with E-state index in [0.29, 0.717) is 19.7 Å². The molecule has 3 nitrogen and oxygen atoms in total. The molecule has 1 aromatic carbocycles. The van der Waals surface area contributed by atoms with Crippen LogP contribution >= 0.6 is 0 Å². The van der Waals surface area contributed by atoms with E-state index in [0.717, 1.165) is 18.2 Å². The van der Waals surface area contributed by atoms with Crippen LogP contribution in [0.5, 0.6) is 0 Å². The van der Waals surface area contributed by atoms with Crippen molar-refractivity contribution in [3.05, 3.63) is 35.4 Å². The van der Waals surface area contributed by atoms with Gasteiger partial charge >= 0.3 is 0 Å². The number of carbonyl (C=O) groups is 1. The van der Waals surface area contributed by atoms with Crippen LogP contribution in [0.2, 0.25) is 0 Å². The molecule has 1 amide bonds. The van der Waals surface area contributed by atoms with Crippen LogP contribution in [0.15, 0.2) is 18.2 Å². The number of amides is 1. The van der Waals surface area contributed by atoms with Crippen LogP contribution in [0, 0.1) is 11.6 Å². The number of carbonyl (C=O) groups excluding carboxylic acids is 1. The summed E-state index contributed by atoms with van der Waals surface area (Å²) in [5.74, 6) is -1.84. The molecular weight excluding hydrogens is 228 g/mol. The number of nitrogens with zero attached hydrogens (tertiary/aromatic N) is 1. The van der Waals surface area contributed by atoms with E-state index in [-0.39, 0.29) is 17.6 Å². The summed E-state index contributed by atoms with van der Waals surface area (Å²) >= 11 is 0. The Balaban J connectivity index is 2.18. The van der Waals surface area contributed by atoms with Crippen molar-refractivity contribution in [1.82, 2.24) is 4.90 Å². The van der Waals surface area contributed by atoms with Gasteiger partial charge in [0, 0.05) is 24.7 Å². The average Bonchev–Trinajstić information content (AvgIpc) is 2.26. The van der Waals surface area contributed by atoms with Gasteiger partial charge in [0.15, 0.2) is 0 Å². The van der Waals surface area contributed by atoms with Gasteiger partial charge in [-0.3, -0.25) is 4.79 Å². The van der Waals surface area contributed by atoms with Gasteiger partial charge in [0.25, 0.3) is 5.91 Å². The fraction of sp³-hybridized carbons (Fsp3) is 0.417. The molecule has 0 bridgehead atoms. The van der Waals surface area contributed by atoms with Gasteiger partial charge in [0.1, 0.15) is 11.6 Å². The molecule has 1 unspecified atom stereocenters. The van der Waals surface area contributed by atoms with Crippen LogP contribution in [0.1, 0.15) is 17.3 Å². The third-order valence-electron chi connectivity index (χ3n) is 2.64. The second-order valence-corrected chi connectivity index (χ2v) is 4.09. The molecule has 1 fully saturated rings. The standard InChI is InChI=1S/C12H13F2NO2/c1-8-7-15(2-3-17-8)12(16)9-4-10(13)6-11(14)5-9/h4-6,8H,2-3,7H2,1H3. The Labute approximate surface area is 98.0 Å². The second-order valence-electron chi connectivity index (χ2n) is 4.09. The lowest BCUT2D eigenvalue weighted by molar-refractivity contribution is -0.0124. The average molecular weight is 241 g/mol. The van der Waals surface area contributed by atoms with Gasteiger partial charge in [-0.2, -0.15) is 0 Å². The van der Waals surface area contributed by atoms with Crippen molar-refractivity contribution < 1.29 is 18.3 Å². The van der Waals surface area contributed by atoms with Crippen molar-refractivity contribution in [1.29, 1.82) is 0 Å². The zero-order chi connectivity index (χ0) is 12.4. The lowest BCUT2D eigenvalue weighted by Gasteiger charge is -2.31. The Hall–Kier alpha value is -1.49. The van der Waals surface area contributed by atoms with E-state index >= 15 is 0 Å². The molecule has 5 heteroatoms. The first-order chi connectivity index (χ1) is 8.06. The third-order valence-corrected chi connectivity index (χ3v) is 2.64. The minimum Gasteiger partial charge on any atom is -0.375 e. The summed E-state index contributed by atoms with van der Waals surface area (Å²) in [6.07, 6.45) is -0.0499. The van der Waals surface area contributed by atoms with Crippen LogP contribution in [0.4, 0.5) is 8.78 Å². The zero-order valence-corrected chi connectivity index (χ0v) is 9.45. The van der Waals surface area contributed by atoms with Crippen LogP contribution < -0.4 is 0 Å². The normalized spacial score (nSPS) is 20.4. The number of morpholine rings is 1. The zero-order valence-electron chi connectivity index (χ0n) is 9.45. The first-order valence-electron chi connectivity index (χ1n) is 5.43. The summed E-state index contributed by atoms with van der Waals surface area (Å²) in [5, 5.41) is 0. The smallest absolute Gasteiger partial charge is 0.254 e. The quantitative estimate of drug-likeness (QED) is 0.750. The number of hydrogen-bond acceptors (Lipinski definition) is 2. The topological polar surface area (TPSA) is 29.5 Å². The molecule has 0 radical (unpaired) electrons. The molecule has 17 heavy (non-hydrogen) atoms. The number of benzene rings is 1. The monoisotopic (exact) mass is 241 g/mol. The Morgan fingerprint density at radius 1 is 1.35 bits per heavy atom. The van der Waals surface area contributed by atoms with Crippen LogP contribution in [0.3, 0.4) is 0 Å². The number of ether oxygens (including phenoxy) is 1. The van der Waals surface area contributed by atoms with Gasteiger partial charge in [0.2, 0.25) is 0 Å². The molecule has 2 rings (SSSR count). The fourth-order valence-corrected chi connectivity index (χ4v) is 1.86. The van der Waals surface area contributed by atoms with Crippen molar-refractivity contribution in [3.8, 4) is 0 Å². The van der Waals surface area contributed by atoms with Crippen molar-refractivity contribution in [3.63, 3.8) is 0 Å². The molecule has 0 aromatic heterocycles. The molecule has 0 saturated carbocycles. The van der Waals surface area contributed by atoms with E-state index in [9.17, 15) is 13.6 Å². The molecular formula is C12H13F2NO2. The minimum absolute atomic E-state index is 0.0385. The summed E-state index contributed by atoms with van der Waals surface area (Å²) in [4.78, 5) is 13.5. The fourth-order valence-electron chi connectivity index (χ4n) is 1.86. The summed E-state index contributed by atoms with van der Waals surface area (Å²) in [7, 11) is 0. The first kappa shape index (κ1) is 12.0. The van der Waals surface area contributed by atoms with E-state index in [1.54, 1.807) is 4.90 Å². The molecule has 1 aliphatic rings. The molecule has 1 aliphatic heterocycles. The molecule has 1 aromatic rings. The van der Waals surface area contributed by atoms with Gasteiger partial charge in [-0.25, -0.2) is 8.78 Å². The molecule has 0 aliphatic carbocycles. The first-order valence-corrected chi connectivity index (χ1v) is 5.43. The Kier molecular flexibility index (Phi) is 3.38. The summed E-state index contributed by atoms with van der Waals surface area (Å²) in [6.45, 7) is 3.19. The maximum absolute atomic E-state index is 13.0. The van der Waals surface area contributed by atoms with Crippen molar-refractivity contribution in [2.45, 2.75) is 13.0 Å². The molecule has 92 valence electrons. The van der Waals surface area contributed by atoms with Crippen LogP contribution in [-0.4, -0.2) is 36.6 Å². The van der Waals surface area contributed by atoms with E-state index in [1.807, 2.05) is 6.92 Å². The van der Waals surface area contributed by atoms with Gasteiger partial charge in [-0.05, 0) is 19.1 Å². The molecule has 1 atom stereocenters. The van der Waals surface area contributed by atoms with Gasteiger partial charge < -0.3 is 9.64 Å². The summed E-state index contributed by atoms with van der Waals surface area (Å²) < 4.78 is 31.3. The Morgan fingerprint density at radius 3 is 2.59 bits per heavy atom. The Bertz CT molecular complexity index is 416. The van der Waals surface area contributed by atoms with E-state index in [1.165, 1.54) is 0 Å². The highest BCUT2D eigenvalue weighted by molar-refractivity contribution is 5.94. The molecule has 0 spiro atoms. The molecule has 1 heterocycles. The van der Waals surface area contributed by atoms with E-state index in [2.05, 4.69) is 0 Å². The van der Waals surface area contributed by atoms with Crippen LogP contribution in [0.25, 0.3) is 0 Å². The van der Waals surface area contributed by atoms with Gasteiger partial charge in [0.05, 0.1) is 12.7 Å². The van der Waals surface area contributed by atoms with Crippen molar-refractivity contribution in [2.24, 2.45) is 0 Å². The SMILES string of the molecule is CC1CN(C(=O)c2cc(F)cc(F)c2)CCO1. The molecule has 0 N–H and O–H groups in total. The summed E-state index contributed by atoms with van der Waals surface area (Å²) in [6, 6.07) is 2.84. The third kappa shape index (κ3) is 2.79. The highest BCUT2D eigenvalue weighted by Gasteiger charge is 2.23. The highest BCUT2D eigenvalue weighted by atomic mass is 19.1. The summed E-state index contributed by atoms with van der Waals surface area (Å²) in [5.41, 5.74) is 0.0385. The number of rotatable bonds is 1. The maximum atomic E-state index is 13.0. The second kappa shape index (κ2) is 4.79. The maximum Gasteiger partial charge on any atom is 0.254 e. The van der Waals surface area contributed by atoms with E-state index < -0.39 is 11.6 Å². The lowest BCUT2D eigenvalue weighted by Crippen LogP contribution is -2.44. The predicted octanol–water partition coefficient (Wildman–Crippen LogP) is 1.83. The van der Waals surface area contributed by atoms with Crippen molar-refractivity contribution in [2.75, 3.05) is 19.7 Å². The highest BCUT2D eigenvalue weighted by Crippen LogP contribution is 2.13. The number of halogens is 2.